The fraction of sp³-hybridized carbons (Fsp3) is 0.625. The van der Waals surface area contributed by atoms with Gasteiger partial charge in [-0.15, -0.1) is 0 Å². The van der Waals surface area contributed by atoms with Gasteiger partial charge in [-0.25, -0.2) is 0 Å². The van der Waals surface area contributed by atoms with Gasteiger partial charge in [-0.1, -0.05) is 19.1 Å². The molecule has 0 heterocycles. The Kier molecular flexibility index (Phi) is 5.83. The molecule has 112 valence electrons. The van der Waals surface area contributed by atoms with E-state index < -0.39 is 0 Å². The van der Waals surface area contributed by atoms with Crippen LogP contribution in [0.2, 0.25) is 0 Å². The second kappa shape index (κ2) is 7.62. The van der Waals surface area contributed by atoms with Crippen LogP contribution in [0.25, 0.3) is 0 Å². The van der Waals surface area contributed by atoms with Crippen molar-refractivity contribution in [1.82, 2.24) is 5.32 Å². The van der Waals surface area contributed by atoms with E-state index in [1.807, 2.05) is 25.2 Å². The van der Waals surface area contributed by atoms with E-state index in [-0.39, 0.29) is 12.2 Å². The average molecular weight is 279 g/mol. The van der Waals surface area contributed by atoms with E-state index in [2.05, 4.69) is 18.3 Å². The van der Waals surface area contributed by atoms with Crippen LogP contribution in [0.15, 0.2) is 24.3 Å². The van der Waals surface area contributed by atoms with Crippen LogP contribution in [0.5, 0.6) is 5.75 Å². The van der Waals surface area contributed by atoms with Gasteiger partial charge in [0.05, 0.1) is 25.9 Å². The molecule has 0 spiro atoms. The molecular weight excluding hydrogens is 254 g/mol. The summed E-state index contributed by atoms with van der Waals surface area (Å²) in [5.74, 6) is 0.867. The zero-order valence-corrected chi connectivity index (χ0v) is 12.6. The molecule has 1 aliphatic carbocycles. The van der Waals surface area contributed by atoms with Crippen molar-refractivity contribution < 1.29 is 14.2 Å². The molecule has 0 amide bonds. The van der Waals surface area contributed by atoms with Gasteiger partial charge >= 0.3 is 0 Å². The quantitative estimate of drug-likeness (QED) is 0.793. The molecular formula is C16H25NO3. The lowest BCUT2D eigenvalue weighted by molar-refractivity contribution is -0.150. The van der Waals surface area contributed by atoms with E-state index in [0.29, 0.717) is 12.6 Å². The van der Waals surface area contributed by atoms with Crippen molar-refractivity contribution in [3.8, 4) is 5.75 Å². The van der Waals surface area contributed by atoms with Crippen molar-refractivity contribution in [3.63, 3.8) is 0 Å². The lowest BCUT2D eigenvalue weighted by Gasteiger charge is -2.43. The predicted molar refractivity (Wildman–Crippen MR) is 79.1 cm³/mol. The van der Waals surface area contributed by atoms with Crippen LogP contribution in [-0.2, 0) is 16.1 Å². The number of hydrogen-bond donors (Lipinski definition) is 1. The summed E-state index contributed by atoms with van der Waals surface area (Å²) in [7, 11) is 3.66. The number of methoxy groups -OCH3 is 1. The highest BCUT2D eigenvalue weighted by molar-refractivity contribution is 5.27. The fourth-order valence-corrected chi connectivity index (χ4v) is 2.47. The van der Waals surface area contributed by atoms with Gasteiger partial charge in [0.15, 0.2) is 0 Å². The number of nitrogens with one attached hydrogen (secondary N) is 1. The molecule has 1 saturated carbocycles. The molecule has 0 radical (unpaired) electrons. The van der Waals surface area contributed by atoms with E-state index in [1.54, 1.807) is 7.11 Å². The first-order chi connectivity index (χ1) is 9.78. The minimum Gasteiger partial charge on any atom is -0.497 e. The van der Waals surface area contributed by atoms with Gasteiger partial charge in [-0.05, 0) is 37.6 Å². The maximum Gasteiger partial charge on any atom is 0.119 e. The second-order valence-corrected chi connectivity index (χ2v) is 5.17. The minimum absolute atomic E-state index is 0.172. The minimum atomic E-state index is 0.172. The molecule has 3 unspecified atom stereocenters. The first kappa shape index (κ1) is 15.3. The molecule has 4 heteroatoms. The van der Waals surface area contributed by atoms with E-state index in [4.69, 9.17) is 14.2 Å². The van der Waals surface area contributed by atoms with Crippen LogP contribution in [0.1, 0.15) is 25.3 Å². The van der Waals surface area contributed by atoms with Crippen molar-refractivity contribution in [2.45, 2.75) is 44.6 Å². The lowest BCUT2D eigenvalue weighted by atomic mass is 9.85. The van der Waals surface area contributed by atoms with Gasteiger partial charge in [0.1, 0.15) is 5.75 Å². The molecule has 20 heavy (non-hydrogen) atoms. The first-order valence-electron chi connectivity index (χ1n) is 7.31. The number of likely N-dealkylation sites (N-methyl/N-ethyl adjacent to an activating group) is 1. The molecule has 0 aromatic heterocycles. The summed E-state index contributed by atoms with van der Waals surface area (Å²) in [4.78, 5) is 0. The number of rotatable bonds is 8. The third-order valence-corrected chi connectivity index (χ3v) is 3.73. The Morgan fingerprint density at radius 1 is 1.30 bits per heavy atom. The topological polar surface area (TPSA) is 39.7 Å². The van der Waals surface area contributed by atoms with Gasteiger partial charge in [-0.2, -0.15) is 0 Å². The summed E-state index contributed by atoms with van der Waals surface area (Å²) in [5, 5.41) is 3.28. The molecule has 1 aromatic rings. The van der Waals surface area contributed by atoms with Crippen LogP contribution in [0, 0.1) is 0 Å². The average Bonchev–Trinajstić information content (AvgIpc) is 2.47. The van der Waals surface area contributed by atoms with Gasteiger partial charge in [0, 0.05) is 12.6 Å². The Morgan fingerprint density at radius 3 is 2.85 bits per heavy atom. The van der Waals surface area contributed by atoms with E-state index in [0.717, 1.165) is 30.8 Å². The zero-order chi connectivity index (χ0) is 14.4. The monoisotopic (exact) mass is 279 g/mol. The summed E-state index contributed by atoms with van der Waals surface area (Å²) < 4.78 is 17.1. The fourth-order valence-electron chi connectivity index (χ4n) is 2.47. The number of ether oxygens (including phenoxy) is 3. The highest BCUT2D eigenvalue weighted by atomic mass is 16.5. The molecule has 1 N–H and O–H groups in total. The SMILES string of the molecule is CCCOC1C(NC)CC1OCc1cccc(OC)c1. The third-order valence-electron chi connectivity index (χ3n) is 3.73. The van der Waals surface area contributed by atoms with Crippen LogP contribution >= 0.6 is 0 Å². The summed E-state index contributed by atoms with van der Waals surface area (Å²) in [6, 6.07) is 8.41. The maximum atomic E-state index is 5.98. The number of benzene rings is 1. The normalized spacial score (nSPS) is 25.2. The summed E-state index contributed by atoms with van der Waals surface area (Å²) in [6.45, 7) is 3.52. The second-order valence-electron chi connectivity index (χ2n) is 5.17. The Balaban J connectivity index is 1.83. The largest absolute Gasteiger partial charge is 0.497 e. The van der Waals surface area contributed by atoms with Crippen molar-refractivity contribution >= 4 is 0 Å². The van der Waals surface area contributed by atoms with Crippen LogP contribution in [0.4, 0.5) is 0 Å². The van der Waals surface area contributed by atoms with Gasteiger partial charge in [0.25, 0.3) is 0 Å². The zero-order valence-electron chi connectivity index (χ0n) is 12.6. The Labute approximate surface area is 121 Å². The van der Waals surface area contributed by atoms with Gasteiger partial charge in [-0.3, -0.25) is 0 Å². The number of hydrogen-bond acceptors (Lipinski definition) is 4. The molecule has 4 nitrogen and oxygen atoms in total. The molecule has 1 aliphatic rings. The Hall–Kier alpha value is -1.10. The van der Waals surface area contributed by atoms with Crippen molar-refractivity contribution in [3.05, 3.63) is 29.8 Å². The first-order valence-corrected chi connectivity index (χ1v) is 7.31. The summed E-state index contributed by atoms with van der Waals surface area (Å²) >= 11 is 0. The molecule has 2 rings (SSSR count). The molecule has 0 saturated heterocycles. The highest BCUT2D eigenvalue weighted by Gasteiger charge is 2.41. The lowest BCUT2D eigenvalue weighted by Crippen LogP contribution is -2.59. The molecule has 3 atom stereocenters. The van der Waals surface area contributed by atoms with Crippen molar-refractivity contribution in [1.29, 1.82) is 0 Å². The molecule has 0 bridgehead atoms. The summed E-state index contributed by atoms with van der Waals surface area (Å²) in [6.07, 6.45) is 2.40. The molecule has 1 fully saturated rings. The van der Waals surface area contributed by atoms with Crippen LogP contribution < -0.4 is 10.1 Å². The highest BCUT2D eigenvalue weighted by Crippen LogP contribution is 2.28. The van der Waals surface area contributed by atoms with Crippen LogP contribution in [-0.4, -0.2) is 39.0 Å². The third kappa shape index (κ3) is 3.72. The smallest absolute Gasteiger partial charge is 0.119 e. The van der Waals surface area contributed by atoms with E-state index >= 15 is 0 Å². The standard InChI is InChI=1S/C16H25NO3/c1-4-8-19-16-14(17-2)10-15(16)20-11-12-6-5-7-13(9-12)18-3/h5-7,9,14-17H,4,8,10-11H2,1-3H3. The van der Waals surface area contributed by atoms with Crippen molar-refractivity contribution in [2.75, 3.05) is 20.8 Å². The summed E-state index contributed by atoms with van der Waals surface area (Å²) in [5.41, 5.74) is 1.13. The van der Waals surface area contributed by atoms with Crippen LogP contribution in [0.3, 0.4) is 0 Å². The molecule has 1 aromatic carbocycles. The predicted octanol–water partition coefficient (Wildman–Crippen LogP) is 2.37. The van der Waals surface area contributed by atoms with Gasteiger partial charge < -0.3 is 19.5 Å². The molecule has 0 aliphatic heterocycles. The maximum absolute atomic E-state index is 5.98. The van der Waals surface area contributed by atoms with E-state index in [9.17, 15) is 0 Å². The van der Waals surface area contributed by atoms with E-state index in [1.165, 1.54) is 0 Å². The Bertz CT molecular complexity index is 410. The van der Waals surface area contributed by atoms with Gasteiger partial charge in [0.2, 0.25) is 0 Å². The Morgan fingerprint density at radius 2 is 2.15 bits per heavy atom. The van der Waals surface area contributed by atoms with Crippen molar-refractivity contribution in [2.24, 2.45) is 0 Å².